The van der Waals surface area contributed by atoms with Crippen LogP contribution in [-0.4, -0.2) is 68.1 Å². The molecule has 2 aliphatic rings. The maximum Gasteiger partial charge on any atom is 0.472 e. The molecule has 8 nitrogen and oxygen atoms in total. The number of ketones is 1. The number of carbonyl (C=O) groups is 2. The number of quaternary nitrogens is 1. The first-order valence-corrected chi connectivity index (χ1v) is 25.6. The second kappa shape index (κ2) is 31.1. The molecule has 2 saturated carbocycles. The minimum atomic E-state index is -4.31. The molecule has 0 aromatic rings. The van der Waals surface area contributed by atoms with Gasteiger partial charge in [-0.25, -0.2) is 4.57 Å². The number of esters is 1. The number of rotatable bonds is 41. The van der Waals surface area contributed by atoms with Gasteiger partial charge in [-0.15, -0.1) is 0 Å². The zero-order valence-electron chi connectivity index (χ0n) is 37.4. The predicted molar refractivity (Wildman–Crippen MR) is 233 cm³/mol. The zero-order chi connectivity index (χ0) is 40.9. The van der Waals surface area contributed by atoms with Gasteiger partial charge in [0.15, 0.2) is 0 Å². The first-order valence-electron chi connectivity index (χ1n) is 24.1. The third-order valence-corrected chi connectivity index (χ3v) is 13.4. The van der Waals surface area contributed by atoms with Crippen molar-refractivity contribution >= 4 is 19.6 Å². The fourth-order valence-electron chi connectivity index (χ4n) is 8.39. The van der Waals surface area contributed by atoms with Gasteiger partial charge in [0.05, 0.1) is 27.7 Å². The summed E-state index contributed by atoms with van der Waals surface area (Å²) >= 11 is 0. The van der Waals surface area contributed by atoms with Crippen LogP contribution < -0.4 is 0 Å². The molecule has 0 spiro atoms. The zero-order valence-corrected chi connectivity index (χ0v) is 38.3. The number of unbranched alkanes of at least 4 members (excludes halogenated alkanes) is 18. The predicted octanol–water partition coefficient (Wildman–Crippen LogP) is 13.3. The van der Waals surface area contributed by atoms with Gasteiger partial charge in [-0.3, -0.25) is 18.6 Å². The lowest BCUT2D eigenvalue weighted by molar-refractivity contribution is -0.870. The van der Waals surface area contributed by atoms with Gasteiger partial charge in [-0.1, -0.05) is 168 Å². The van der Waals surface area contributed by atoms with Crippen molar-refractivity contribution < 1.29 is 37.3 Å². The fourth-order valence-corrected chi connectivity index (χ4v) is 9.13. The van der Waals surface area contributed by atoms with Gasteiger partial charge in [0.2, 0.25) is 0 Å². The quantitative estimate of drug-likeness (QED) is 0.0284. The van der Waals surface area contributed by atoms with E-state index in [0.717, 1.165) is 55.8 Å². The van der Waals surface area contributed by atoms with Crippen LogP contribution in [0.3, 0.4) is 0 Å². The Bertz CT molecular complexity index is 1050. The molecule has 0 heterocycles. The van der Waals surface area contributed by atoms with Gasteiger partial charge in [0.1, 0.15) is 25.0 Å². The maximum atomic E-state index is 12.8. The van der Waals surface area contributed by atoms with E-state index < -0.39 is 13.9 Å². The number of hydrogen-bond acceptors (Lipinski definition) is 6. The van der Waals surface area contributed by atoms with Gasteiger partial charge in [0.25, 0.3) is 0 Å². The Labute approximate surface area is 345 Å². The summed E-state index contributed by atoms with van der Waals surface area (Å²) in [4.78, 5) is 35.9. The lowest BCUT2D eigenvalue weighted by atomic mass is 10.0. The van der Waals surface area contributed by atoms with E-state index in [0.29, 0.717) is 23.9 Å². The van der Waals surface area contributed by atoms with Crippen LogP contribution in [0.2, 0.25) is 0 Å². The van der Waals surface area contributed by atoms with Gasteiger partial charge in [-0.2, -0.15) is 0 Å². The van der Waals surface area contributed by atoms with Crippen LogP contribution in [0.1, 0.15) is 219 Å². The van der Waals surface area contributed by atoms with Crippen LogP contribution in [0.15, 0.2) is 0 Å². The summed E-state index contributed by atoms with van der Waals surface area (Å²) in [5.41, 5.74) is 0. The number of phosphoric acid groups is 1. The molecule has 1 N–H and O–H groups in total. The van der Waals surface area contributed by atoms with Crippen molar-refractivity contribution in [2.24, 2.45) is 23.7 Å². The van der Waals surface area contributed by atoms with Crippen molar-refractivity contribution in [3.05, 3.63) is 0 Å². The maximum absolute atomic E-state index is 12.8. The number of nitrogens with zero attached hydrogens (tertiary/aromatic N) is 1. The van der Waals surface area contributed by atoms with Crippen molar-refractivity contribution in [1.29, 1.82) is 0 Å². The number of phosphoric ester groups is 1. The van der Waals surface area contributed by atoms with Crippen molar-refractivity contribution in [3.63, 3.8) is 0 Å². The molecule has 2 aliphatic carbocycles. The van der Waals surface area contributed by atoms with Gasteiger partial charge in [0, 0.05) is 19.3 Å². The molecule has 0 amide bonds. The van der Waals surface area contributed by atoms with E-state index in [-0.39, 0.29) is 37.8 Å². The van der Waals surface area contributed by atoms with Crippen LogP contribution in [0.25, 0.3) is 0 Å². The summed E-state index contributed by atoms with van der Waals surface area (Å²) in [6, 6.07) is 0. The largest absolute Gasteiger partial charge is 0.472 e. The first-order chi connectivity index (χ1) is 26.9. The third-order valence-electron chi connectivity index (χ3n) is 12.5. The highest BCUT2D eigenvalue weighted by Crippen LogP contribution is 2.47. The summed E-state index contributed by atoms with van der Waals surface area (Å²) in [6.07, 6.45) is 36.9. The molecule has 9 heteroatoms. The average Bonchev–Trinajstić information content (AvgIpc) is 4.08. The summed E-state index contributed by atoms with van der Waals surface area (Å²) in [7, 11) is 1.61. The van der Waals surface area contributed by atoms with Crippen molar-refractivity contribution in [3.8, 4) is 0 Å². The molecule has 0 radical (unpaired) electrons. The molecule has 0 aliphatic heterocycles. The Morgan fingerprint density at radius 3 is 1.45 bits per heavy atom. The van der Waals surface area contributed by atoms with Crippen molar-refractivity contribution in [2.75, 3.05) is 40.9 Å². The van der Waals surface area contributed by atoms with Crippen LogP contribution in [0, 0.1) is 23.7 Å². The molecule has 56 heavy (non-hydrogen) atoms. The highest BCUT2D eigenvalue weighted by atomic mass is 31.2. The van der Waals surface area contributed by atoms with E-state index in [1.807, 2.05) is 21.1 Å². The van der Waals surface area contributed by atoms with E-state index in [1.54, 1.807) is 0 Å². The Balaban J connectivity index is 1.58. The minimum Gasteiger partial charge on any atom is -0.460 e. The molecule has 2 rings (SSSR count). The second-order valence-electron chi connectivity index (χ2n) is 19.0. The standard InChI is InChI=1S/C47H90NO7P/c1-6-8-10-12-16-22-28-41-38-43(41)30-24-18-14-20-26-32-45(49)34-35-46(40-54-56(51,52)53-37-36-48(3,4)5)55-47(50)33-27-21-15-19-25-31-44-39-42(44)29-23-17-13-11-9-7-2/h41-44,46H,6-40H2,1-5H3/p+1. The Hall–Kier alpha value is -0.790. The number of ether oxygens (including phenoxy) is 1. The van der Waals surface area contributed by atoms with Gasteiger partial charge < -0.3 is 14.1 Å². The first kappa shape index (κ1) is 51.4. The minimum absolute atomic E-state index is 0.0704. The van der Waals surface area contributed by atoms with E-state index in [9.17, 15) is 19.0 Å². The molecule has 2 fully saturated rings. The number of carbonyl (C=O) groups excluding carboxylic acids is 2. The molecule has 0 bridgehead atoms. The highest BCUT2D eigenvalue weighted by molar-refractivity contribution is 7.47. The fraction of sp³-hybridized carbons (Fsp3) is 0.957. The smallest absolute Gasteiger partial charge is 0.460 e. The number of Topliss-reactive ketones (excluding diaryl/α,β-unsaturated/α-hetero) is 1. The van der Waals surface area contributed by atoms with E-state index in [4.69, 9.17) is 13.8 Å². The second-order valence-corrected chi connectivity index (χ2v) is 20.5. The van der Waals surface area contributed by atoms with Gasteiger partial charge in [-0.05, 0) is 55.8 Å². The average molecular weight is 813 g/mol. The molecule has 6 atom stereocenters. The Kier molecular flexibility index (Phi) is 28.6. The molecular formula is C47H91NO7P+. The highest BCUT2D eigenvalue weighted by Gasteiger charge is 2.36. The lowest BCUT2D eigenvalue weighted by Crippen LogP contribution is -2.37. The van der Waals surface area contributed by atoms with Crippen LogP contribution >= 0.6 is 7.82 Å². The number of likely N-dealkylation sites (N-methyl/N-ethyl adjacent to an activating group) is 1. The Morgan fingerprint density at radius 1 is 0.589 bits per heavy atom. The lowest BCUT2D eigenvalue weighted by Gasteiger charge is -2.24. The van der Waals surface area contributed by atoms with E-state index in [1.165, 1.54) is 148 Å². The van der Waals surface area contributed by atoms with Crippen molar-refractivity contribution in [1.82, 2.24) is 0 Å². The molecule has 0 saturated heterocycles. The molecular weight excluding hydrogens is 721 g/mol. The topological polar surface area (TPSA) is 99.1 Å². The van der Waals surface area contributed by atoms with Crippen LogP contribution in [-0.2, 0) is 27.9 Å². The SMILES string of the molecule is CCCCCCCCC1CC1CCCCCCCC(=O)CCC(COP(=O)(O)OCC[N+](C)(C)C)OC(=O)CCCCCCCC1CC1CCCCCCCC. The van der Waals surface area contributed by atoms with Crippen LogP contribution in [0.4, 0.5) is 0 Å². The summed E-state index contributed by atoms with van der Waals surface area (Å²) in [5, 5.41) is 0. The summed E-state index contributed by atoms with van der Waals surface area (Å²) in [5.74, 6) is 3.72. The monoisotopic (exact) mass is 813 g/mol. The molecule has 330 valence electrons. The Morgan fingerprint density at radius 2 is 1.00 bits per heavy atom. The molecule has 6 unspecified atom stereocenters. The van der Waals surface area contributed by atoms with Crippen molar-refractivity contribution in [2.45, 2.75) is 225 Å². The summed E-state index contributed by atoms with van der Waals surface area (Å²) < 4.78 is 29.3. The van der Waals surface area contributed by atoms with E-state index >= 15 is 0 Å². The van der Waals surface area contributed by atoms with Gasteiger partial charge >= 0.3 is 13.8 Å². The molecule has 0 aromatic carbocycles. The van der Waals surface area contributed by atoms with Crippen LogP contribution in [0.5, 0.6) is 0 Å². The van der Waals surface area contributed by atoms with E-state index in [2.05, 4.69) is 13.8 Å². The third kappa shape index (κ3) is 29.4. The summed E-state index contributed by atoms with van der Waals surface area (Å²) in [6.45, 7) is 4.90. The normalized spacial score (nSPS) is 20.8. The number of hydrogen-bond donors (Lipinski definition) is 1. The molecule has 0 aromatic heterocycles.